The van der Waals surface area contributed by atoms with E-state index >= 15 is 0 Å². The molecule has 3 fully saturated rings. The summed E-state index contributed by atoms with van der Waals surface area (Å²) in [7, 11) is -3.49. The maximum atomic E-state index is 14.9. The molecule has 0 spiro atoms. The Morgan fingerprint density at radius 1 is 1.15 bits per heavy atom. The quantitative estimate of drug-likeness (QED) is 0.339. The average molecular weight is 582 g/mol. The molecule has 6 rings (SSSR count). The predicted octanol–water partition coefficient (Wildman–Crippen LogP) is 3.26. The van der Waals surface area contributed by atoms with E-state index in [0.717, 1.165) is 35.5 Å². The number of aliphatic hydroxyl groups excluding tert-OH is 1. The van der Waals surface area contributed by atoms with Gasteiger partial charge in [-0.1, -0.05) is 11.8 Å². The van der Waals surface area contributed by atoms with Crippen molar-refractivity contribution in [2.75, 3.05) is 30.5 Å². The summed E-state index contributed by atoms with van der Waals surface area (Å²) in [5.74, 6) is 7.31. The summed E-state index contributed by atoms with van der Waals surface area (Å²) < 4.78 is 46.1. The summed E-state index contributed by atoms with van der Waals surface area (Å²) >= 11 is 0. The minimum atomic E-state index is -3.49. The van der Waals surface area contributed by atoms with E-state index in [4.69, 9.17) is 4.74 Å². The van der Waals surface area contributed by atoms with Crippen LogP contribution in [0.1, 0.15) is 50.5 Å². The number of nitrogens with zero attached hydrogens (tertiary/aromatic N) is 5. The molecular formula is C28H32FN7O4S. The minimum absolute atomic E-state index is 0.0392. The Kier molecular flexibility index (Phi) is 7.63. The molecule has 1 atom stereocenters. The van der Waals surface area contributed by atoms with E-state index < -0.39 is 15.7 Å². The van der Waals surface area contributed by atoms with Gasteiger partial charge in [0.2, 0.25) is 0 Å². The van der Waals surface area contributed by atoms with Crippen molar-refractivity contribution in [3.05, 3.63) is 42.5 Å². The van der Waals surface area contributed by atoms with Gasteiger partial charge in [0.25, 0.3) is 10.0 Å². The summed E-state index contributed by atoms with van der Waals surface area (Å²) in [5.41, 5.74) is 0.117. The lowest BCUT2D eigenvalue weighted by Gasteiger charge is -2.29. The normalized spacial score (nSPS) is 24.4. The number of ether oxygens (including phenoxy) is 1. The second-order valence-electron chi connectivity index (χ2n) is 10.9. The van der Waals surface area contributed by atoms with Crippen LogP contribution >= 0.6 is 0 Å². The number of aliphatic hydroxyl groups is 1. The summed E-state index contributed by atoms with van der Waals surface area (Å²) in [6.07, 6.45) is 11.2. The second-order valence-corrected chi connectivity index (χ2v) is 13.0. The third kappa shape index (κ3) is 6.34. The van der Waals surface area contributed by atoms with Crippen molar-refractivity contribution in [1.82, 2.24) is 24.1 Å². The highest BCUT2D eigenvalue weighted by atomic mass is 32.2. The standard InChI is InChI=1S/C28H32FN7O4S/c29-28(10-12-40-18-28)9-7-20-14-31-26(13-24(20)33-22-3-1-19(17-37)2-4-22)34-25-8-11-30-27(35-25)21-15-32-36(16-21)41(38,39)23-5-6-23/h8,11,13-16,19,22-23,37H,1-6,10,12,17-18H2,(H2,30,31,33,34,35). The molecule has 2 aliphatic carbocycles. The Bertz CT molecular complexity index is 1570. The van der Waals surface area contributed by atoms with E-state index in [-0.39, 0.29) is 30.9 Å². The van der Waals surface area contributed by atoms with Crippen molar-refractivity contribution < 1.29 is 22.7 Å². The Labute approximate surface area is 238 Å². The van der Waals surface area contributed by atoms with Crippen molar-refractivity contribution in [2.45, 2.75) is 61.9 Å². The molecule has 3 aliphatic rings. The van der Waals surface area contributed by atoms with Gasteiger partial charge < -0.3 is 20.5 Å². The maximum absolute atomic E-state index is 14.9. The average Bonchev–Trinajstić information content (AvgIpc) is 3.57. The molecule has 13 heteroatoms. The van der Waals surface area contributed by atoms with Crippen LogP contribution in [0.4, 0.5) is 21.7 Å². The first-order chi connectivity index (χ1) is 19.8. The van der Waals surface area contributed by atoms with Gasteiger partial charge >= 0.3 is 0 Å². The number of nitrogens with one attached hydrogen (secondary N) is 2. The number of anilines is 3. The summed E-state index contributed by atoms with van der Waals surface area (Å²) in [6, 6.07) is 3.69. The Hall–Kier alpha value is -3.60. The van der Waals surface area contributed by atoms with Crippen LogP contribution in [0.5, 0.6) is 0 Å². The van der Waals surface area contributed by atoms with Gasteiger partial charge in [-0.05, 0) is 50.5 Å². The highest BCUT2D eigenvalue weighted by Crippen LogP contribution is 2.31. The minimum Gasteiger partial charge on any atom is -0.396 e. The summed E-state index contributed by atoms with van der Waals surface area (Å²) in [4.78, 5) is 13.3. The lowest BCUT2D eigenvalue weighted by molar-refractivity contribution is 0.148. The fourth-order valence-corrected chi connectivity index (χ4v) is 6.52. The third-order valence-corrected chi connectivity index (χ3v) is 9.73. The molecule has 0 amide bonds. The van der Waals surface area contributed by atoms with Crippen LogP contribution < -0.4 is 10.6 Å². The molecule has 3 N–H and O–H groups in total. The number of halogens is 1. The van der Waals surface area contributed by atoms with E-state index in [1.165, 1.54) is 12.4 Å². The van der Waals surface area contributed by atoms with Crippen LogP contribution in [0.25, 0.3) is 11.4 Å². The van der Waals surface area contributed by atoms with Gasteiger partial charge in [-0.25, -0.2) is 27.8 Å². The van der Waals surface area contributed by atoms with Crippen LogP contribution in [0, 0.1) is 17.8 Å². The molecule has 216 valence electrons. The molecule has 0 aromatic carbocycles. The number of pyridine rings is 1. The SMILES string of the molecule is O=S(=O)(C1CC1)n1cc(-c2nccc(Nc3cc(NC4CCC(CO)CC4)c(C#CC4(F)CCOC4)cn3)n2)cn1. The first-order valence-electron chi connectivity index (χ1n) is 13.9. The molecule has 1 unspecified atom stereocenters. The number of hydrogen-bond acceptors (Lipinski definition) is 10. The monoisotopic (exact) mass is 581 g/mol. The van der Waals surface area contributed by atoms with Gasteiger partial charge in [0, 0.05) is 37.5 Å². The fraction of sp³-hybridized carbons (Fsp3) is 0.500. The Morgan fingerprint density at radius 3 is 2.71 bits per heavy atom. The second kappa shape index (κ2) is 11.3. The lowest BCUT2D eigenvalue weighted by Crippen LogP contribution is -2.27. The van der Waals surface area contributed by atoms with Gasteiger partial charge in [-0.3, -0.25) is 0 Å². The highest BCUT2D eigenvalue weighted by Gasteiger charge is 2.38. The van der Waals surface area contributed by atoms with Crippen molar-refractivity contribution in [3.8, 4) is 23.2 Å². The zero-order chi connectivity index (χ0) is 28.5. The van der Waals surface area contributed by atoms with E-state index in [0.29, 0.717) is 54.0 Å². The lowest BCUT2D eigenvalue weighted by atomic mass is 9.86. The summed E-state index contributed by atoms with van der Waals surface area (Å²) in [5, 5.41) is 19.9. The number of rotatable bonds is 8. The van der Waals surface area contributed by atoms with Crippen LogP contribution in [0.2, 0.25) is 0 Å². The van der Waals surface area contributed by atoms with Crippen LogP contribution in [-0.2, 0) is 14.8 Å². The molecule has 3 aromatic heterocycles. The molecule has 2 saturated carbocycles. The Morgan fingerprint density at radius 2 is 1.98 bits per heavy atom. The zero-order valence-corrected chi connectivity index (χ0v) is 23.3. The van der Waals surface area contributed by atoms with Gasteiger partial charge in [0.05, 0.1) is 47.7 Å². The van der Waals surface area contributed by atoms with Crippen molar-refractivity contribution >= 4 is 27.3 Å². The van der Waals surface area contributed by atoms with Gasteiger partial charge in [-0.15, -0.1) is 0 Å². The molecule has 0 radical (unpaired) electrons. The predicted molar refractivity (Wildman–Crippen MR) is 151 cm³/mol. The van der Waals surface area contributed by atoms with Crippen LogP contribution in [0.15, 0.2) is 36.9 Å². The van der Waals surface area contributed by atoms with Crippen molar-refractivity contribution in [2.24, 2.45) is 5.92 Å². The van der Waals surface area contributed by atoms with E-state index in [1.54, 1.807) is 18.5 Å². The van der Waals surface area contributed by atoms with Crippen molar-refractivity contribution in [1.29, 1.82) is 0 Å². The van der Waals surface area contributed by atoms with Crippen LogP contribution in [0.3, 0.4) is 0 Å². The molecule has 3 aromatic rings. The van der Waals surface area contributed by atoms with E-state index in [2.05, 4.69) is 42.5 Å². The topological polar surface area (TPSA) is 144 Å². The van der Waals surface area contributed by atoms with Gasteiger partial charge in [0.1, 0.15) is 11.6 Å². The van der Waals surface area contributed by atoms with E-state index in [1.807, 2.05) is 6.07 Å². The first kappa shape index (κ1) is 27.6. The molecule has 0 bridgehead atoms. The summed E-state index contributed by atoms with van der Waals surface area (Å²) in [6.45, 7) is 0.511. The zero-order valence-electron chi connectivity index (χ0n) is 22.5. The third-order valence-electron chi connectivity index (χ3n) is 7.70. The molecule has 41 heavy (non-hydrogen) atoms. The van der Waals surface area contributed by atoms with Gasteiger partial charge in [-0.2, -0.15) is 9.19 Å². The smallest absolute Gasteiger partial charge is 0.256 e. The highest BCUT2D eigenvalue weighted by molar-refractivity contribution is 7.90. The Balaban J connectivity index is 1.23. The van der Waals surface area contributed by atoms with Gasteiger partial charge in [0.15, 0.2) is 11.5 Å². The number of alkyl halides is 1. The fourth-order valence-electron chi connectivity index (χ4n) is 5.05. The van der Waals surface area contributed by atoms with E-state index in [9.17, 15) is 17.9 Å². The van der Waals surface area contributed by atoms with Crippen molar-refractivity contribution in [3.63, 3.8) is 0 Å². The van der Waals surface area contributed by atoms with Crippen LogP contribution in [-0.4, -0.2) is 74.4 Å². The number of hydrogen-bond donors (Lipinski definition) is 3. The maximum Gasteiger partial charge on any atom is 0.256 e. The molecular weight excluding hydrogens is 549 g/mol. The first-order valence-corrected chi connectivity index (χ1v) is 15.4. The molecule has 1 saturated heterocycles. The number of aromatic nitrogens is 5. The molecule has 4 heterocycles. The molecule has 11 nitrogen and oxygen atoms in total. The largest absolute Gasteiger partial charge is 0.396 e. The molecule has 1 aliphatic heterocycles.